The second-order valence-corrected chi connectivity index (χ2v) is 5.03. The number of aromatic nitrogens is 1. The summed E-state index contributed by atoms with van der Waals surface area (Å²) in [6.45, 7) is 7.73. The predicted molar refractivity (Wildman–Crippen MR) is 61.1 cm³/mol. The van der Waals surface area contributed by atoms with Crippen molar-refractivity contribution >= 4 is 0 Å². The van der Waals surface area contributed by atoms with E-state index in [1.807, 2.05) is 6.92 Å². The second-order valence-electron chi connectivity index (χ2n) is 5.03. The number of hydrogen-bond donors (Lipinski definition) is 1. The van der Waals surface area contributed by atoms with Crippen LogP contribution in [0.15, 0.2) is 10.6 Å². The van der Waals surface area contributed by atoms with Crippen LogP contribution in [-0.4, -0.2) is 23.2 Å². The Morgan fingerprint density at radius 3 is 2.94 bits per heavy atom. The van der Waals surface area contributed by atoms with Crippen molar-refractivity contribution < 1.29 is 9.15 Å². The Balaban J connectivity index is 1.69. The fourth-order valence-corrected chi connectivity index (χ4v) is 2.04. The second kappa shape index (κ2) is 4.55. The van der Waals surface area contributed by atoms with Gasteiger partial charge < -0.3 is 14.5 Å². The molecule has 0 saturated carbocycles. The molecule has 1 aromatic rings. The number of ether oxygens (including phenoxy) is 1. The molecule has 1 aromatic heterocycles. The van der Waals surface area contributed by atoms with Crippen LogP contribution in [0, 0.1) is 6.92 Å². The van der Waals surface area contributed by atoms with Crippen LogP contribution in [0.3, 0.4) is 0 Å². The number of nitrogens with one attached hydrogen (secondary N) is 1. The van der Waals surface area contributed by atoms with E-state index in [4.69, 9.17) is 9.15 Å². The van der Waals surface area contributed by atoms with Crippen molar-refractivity contribution in [3.63, 3.8) is 0 Å². The third-order valence-electron chi connectivity index (χ3n) is 2.87. The normalized spacial score (nSPS) is 23.8. The van der Waals surface area contributed by atoms with E-state index in [-0.39, 0.29) is 5.60 Å². The van der Waals surface area contributed by atoms with E-state index < -0.39 is 0 Å². The van der Waals surface area contributed by atoms with E-state index in [0.29, 0.717) is 12.6 Å². The van der Waals surface area contributed by atoms with Gasteiger partial charge in [0, 0.05) is 6.54 Å². The maximum atomic E-state index is 5.88. The van der Waals surface area contributed by atoms with Crippen molar-refractivity contribution in [1.82, 2.24) is 10.3 Å². The Morgan fingerprint density at radius 1 is 1.56 bits per heavy atom. The van der Waals surface area contributed by atoms with Gasteiger partial charge in [0.1, 0.15) is 5.76 Å². The summed E-state index contributed by atoms with van der Waals surface area (Å²) in [4.78, 5) is 4.14. The first-order valence-corrected chi connectivity index (χ1v) is 5.85. The van der Waals surface area contributed by atoms with Gasteiger partial charge in [0.25, 0.3) is 0 Å². The number of hydrogen-bond acceptors (Lipinski definition) is 4. The Kier molecular flexibility index (Phi) is 3.30. The molecule has 1 unspecified atom stereocenters. The number of rotatable bonds is 4. The summed E-state index contributed by atoms with van der Waals surface area (Å²) in [6, 6.07) is 0. The molecule has 4 nitrogen and oxygen atoms in total. The van der Waals surface area contributed by atoms with Crippen molar-refractivity contribution in [1.29, 1.82) is 0 Å². The fraction of sp³-hybridized carbons (Fsp3) is 0.750. The largest absolute Gasteiger partial charge is 0.445 e. The van der Waals surface area contributed by atoms with Crippen LogP contribution in [0.25, 0.3) is 0 Å². The van der Waals surface area contributed by atoms with Gasteiger partial charge in [-0.25, -0.2) is 4.98 Å². The van der Waals surface area contributed by atoms with Crippen molar-refractivity contribution in [2.75, 3.05) is 6.54 Å². The zero-order chi connectivity index (χ0) is 11.6. The smallest absolute Gasteiger partial charge is 0.208 e. The van der Waals surface area contributed by atoms with E-state index in [1.165, 1.54) is 0 Å². The van der Waals surface area contributed by atoms with Crippen LogP contribution in [0.5, 0.6) is 0 Å². The molecule has 0 radical (unpaired) electrons. The van der Waals surface area contributed by atoms with Crippen LogP contribution in [0.2, 0.25) is 0 Å². The Hall–Kier alpha value is -0.870. The van der Waals surface area contributed by atoms with E-state index in [1.54, 1.807) is 6.20 Å². The van der Waals surface area contributed by atoms with Gasteiger partial charge in [-0.15, -0.1) is 0 Å². The molecule has 1 aliphatic rings. The molecule has 0 aromatic carbocycles. The molecule has 0 amide bonds. The van der Waals surface area contributed by atoms with Crippen molar-refractivity contribution in [2.24, 2.45) is 0 Å². The van der Waals surface area contributed by atoms with Gasteiger partial charge in [-0.2, -0.15) is 0 Å². The maximum absolute atomic E-state index is 5.88. The highest BCUT2D eigenvalue weighted by atomic mass is 16.5. The van der Waals surface area contributed by atoms with Gasteiger partial charge in [-0.1, -0.05) is 0 Å². The lowest BCUT2D eigenvalue weighted by Crippen LogP contribution is -2.29. The van der Waals surface area contributed by atoms with Crippen LogP contribution >= 0.6 is 0 Å². The van der Waals surface area contributed by atoms with Crippen LogP contribution < -0.4 is 5.32 Å². The zero-order valence-electron chi connectivity index (χ0n) is 10.2. The van der Waals surface area contributed by atoms with Crippen molar-refractivity contribution in [2.45, 2.75) is 51.9 Å². The van der Waals surface area contributed by atoms with Crippen molar-refractivity contribution in [3.8, 4) is 0 Å². The van der Waals surface area contributed by atoms with E-state index >= 15 is 0 Å². The van der Waals surface area contributed by atoms with E-state index in [2.05, 4.69) is 24.1 Å². The number of nitrogens with zero attached hydrogens (tertiary/aromatic N) is 1. The van der Waals surface area contributed by atoms with Crippen molar-refractivity contribution in [3.05, 3.63) is 17.8 Å². The number of oxazole rings is 1. The molecule has 16 heavy (non-hydrogen) atoms. The Morgan fingerprint density at radius 2 is 2.38 bits per heavy atom. The lowest BCUT2D eigenvalue weighted by Gasteiger charge is -2.19. The minimum Gasteiger partial charge on any atom is -0.445 e. The monoisotopic (exact) mass is 224 g/mol. The summed E-state index contributed by atoms with van der Waals surface area (Å²) < 4.78 is 11.3. The molecule has 1 atom stereocenters. The zero-order valence-corrected chi connectivity index (χ0v) is 10.2. The standard InChI is InChI=1S/C12H20N2O2/c1-9-6-14-11(15-9)8-13-7-10-4-5-12(2,3)16-10/h6,10,13H,4-5,7-8H2,1-3H3. The summed E-state index contributed by atoms with van der Waals surface area (Å²) in [6.07, 6.45) is 4.33. The van der Waals surface area contributed by atoms with Crippen LogP contribution in [0.1, 0.15) is 38.3 Å². The molecule has 0 aliphatic carbocycles. The highest BCUT2D eigenvalue weighted by molar-refractivity contribution is 4.90. The highest BCUT2D eigenvalue weighted by Crippen LogP contribution is 2.28. The summed E-state index contributed by atoms with van der Waals surface area (Å²) in [5.74, 6) is 1.60. The molecule has 1 N–H and O–H groups in total. The molecule has 1 saturated heterocycles. The summed E-state index contributed by atoms with van der Waals surface area (Å²) in [7, 11) is 0. The topological polar surface area (TPSA) is 47.3 Å². The van der Waals surface area contributed by atoms with Crippen LogP contribution in [0.4, 0.5) is 0 Å². The quantitative estimate of drug-likeness (QED) is 0.850. The molecule has 4 heteroatoms. The first-order chi connectivity index (χ1) is 7.55. The van der Waals surface area contributed by atoms with Gasteiger partial charge in [0.15, 0.2) is 0 Å². The maximum Gasteiger partial charge on any atom is 0.208 e. The number of aryl methyl sites for hydroxylation is 1. The average molecular weight is 224 g/mol. The minimum atomic E-state index is 0.0475. The third kappa shape index (κ3) is 3.06. The fourth-order valence-electron chi connectivity index (χ4n) is 2.04. The molecule has 2 heterocycles. The lowest BCUT2D eigenvalue weighted by molar-refractivity contribution is -0.0144. The van der Waals surface area contributed by atoms with Gasteiger partial charge in [0.2, 0.25) is 5.89 Å². The average Bonchev–Trinajstić information content (AvgIpc) is 2.73. The lowest BCUT2D eigenvalue weighted by atomic mass is 10.1. The molecule has 2 rings (SSSR count). The predicted octanol–water partition coefficient (Wildman–Crippen LogP) is 2.03. The first kappa shape index (κ1) is 11.6. The summed E-state index contributed by atoms with van der Waals surface area (Å²) in [5.41, 5.74) is 0.0475. The van der Waals surface area contributed by atoms with Crippen LogP contribution in [-0.2, 0) is 11.3 Å². The molecule has 0 spiro atoms. The van der Waals surface area contributed by atoms with Gasteiger partial charge in [-0.3, -0.25) is 0 Å². The molecular formula is C12H20N2O2. The SMILES string of the molecule is Cc1cnc(CNCC2CCC(C)(C)O2)o1. The first-order valence-electron chi connectivity index (χ1n) is 5.85. The van der Waals surface area contributed by atoms with Gasteiger partial charge >= 0.3 is 0 Å². The summed E-state index contributed by atoms with van der Waals surface area (Å²) in [5, 5.41) is 3.31. The molecule has 1 aliphatic heterocycles. The highest BCUT2D eigenvalue weighted by Gasteiger charge is 2.31. The summed E-state index contributed by atoms with van der Waals surface area (Å²) >= 11 is 0. The van der Waals surface area contributed by atoms with E-state index in [9.17, 15) is 0 Å². The third-order valence-corrected chi connectivity index (χ3v) is 2.87. The minimum absolute atomic E-state index is 0.0475. The Labute approximate surface area is 96.4 Å². The van der Waals surface area contributed by atoms with Gasteiger partial charge in [0.05, 0.1) is 24.4 Å². The molecular weight excluding hydrogens is 204 g/mol. The molecule has 0 bridgehead atoms. The molecule has 90 valence electrons. The molecule has 1 fully saturated rings. The van der Waals surface area contributed by atoms with E-state index in [0.717, 1.165) is 31.0 Å². The Bertz CT molecular complexity index is 347. The van der Waals surface area contributed by atoms with Gasteiger partial charge in [-0.05, 0) is 33.6 Å².